The van der Waals surface area contributed by atoms with E-state index in [0.717, 1.165) is 28.1 Å². The number of hydrogen-bond donors (Lipinski definition) is 1. The van der Waals surface area contributed by atoms with Crippen LogP contribution in [0.2, 0.25) is 0 Å². The van der Waals surface area contributed by atoms with Gasteiger partial charge in [-0.1, -0.05) is 31.4 Å². The molecule has 0 atom stereocenters. The Bertz CT molecular complexity index is 809. The molecule has 23 heavy (non-hydrogen) atoms. The number of rotatable bonds is 3. The summed E-state index contributed by atoms with van der Waals surface area (Å²) in [6.45, 7) is 0. The van der Waals surface area contributed by atoms with E-state index in [0.29, 0.717) is 6.04 Å². The predicted octanol–water partition coefficient (Wildman–Crippen LogP) is 4.44. The molecule has 1 aliphatic carbocycles. The maximum atomic E-state index is 4.78. The van der Waals surface area contributed by atoms with Gasteiger partial charge in [-0.15, -0.1) is 0 Å². The highest BCUT2D eigenvalue weighted by atomic mass is 15.0. The van der Waals surface area contributed by atoms with Crippen molar-refractivity contribution in [1.82, 2.24) is 15.0 Å². The third-order valence-corrected chi connectivity index (χ3v) is 4.47. The lowest BCUT2D eigenvalue weighted by Gasteiger charge is -2.23. The molecule has 1 aliphatic rings. The van der Waals surface area contributed by atoms with Crippen LogP contribution in [0.3, 0.4) is 0 Å². The standard InChI is InChI=1S/C19H20N4/c1-2-5-15(6-3-1)22-19-8-4-7-16(23-19)14-9-10-17-18(13-14)21-12-11-20-17/h4,7-13,15H,1-3,5-6H2,(H,22,23). The van der Waals surface area contributed by atoms with E-state index in [2.05, 4.69) is 39.6 Å². The Balaban J connectivity index is 1.61. The minimum absolute atomic E-state index is 0.564. The molecule has 1 saturated carbocycles. The molecule has 116 valence electrons. The molecular weight excluding hydrogens is 284 g/mol. The molecule has 0 amide bonds. The van der Waals surface area contributed by atoms with Crippen LogP contribution in [0.5, 0.6) is 0 Å². The number of fused-ring (bicyclic) bond motifs is 1. The topological polar surface area (TPSA) is 50.7 Å². The van der Waals surface area contributed by atoms with Crippen LogP contribution < -0.4 is 5.32 Å². The smallest absolute Gasteiger partial charge is 0.126 e. The summed E-state index contributed by atoms with van der Waals surface area (Å²) in [7, 11) is 0. The molecule has 4 nitrogen and oxygen atoms in total. The molecule has 0 bridgehead atoms. The number of nitrogens with one attached hydrogen (secondary N) is 1. The molecule has 0 saturated heterocycles. The Labute approximate surface area is 136 Å². The van der Waals surface area contributed by atoms with Crippen LogP contribution in [0.1, 0.15) is 32.1 Å². The van der Waals surface area contributed by atoms with E-state index in [1.807, 2.05) is 12.1 Å². The summed E-state index contributed by atoms with van der Waals surface area (Å²) in [5.41, 5.74) is 3.86. The summed E-state index contributed by atoms with van der Waals surface area (Å²) in [6, 6.07) is 12.8. The number of anilines is 1. The molecule has 1 aromatic carbocycles. The first-order valence-electron chi connectivity index (χ1n) is 8.33. The number of hydrogen-bond acceptors (Lipinski definition) is 4. The number of aromatic nitrogens is 3. The van der Waals surface area contributed by atoms with Gasteiger partial charge < -0.3 is 5.32 Å². The van der Waals surface area contributed by atoms with Crippen LogP contribution in [-0.4, -0.2) is 21.0 Å². The molecular formula is C19H20N4. The van der Waals surface area contributed by atoms with Gasteiger partial charge >= 0.3 is 0 Å². The van der Waals surface area contributed by atoms with Gasteiger partial charge in [0.1, 0.15) is 5.82 Å². The van der Waals surface area contributed by atoms with Crippen LogP contribution in [-0.2, 0) is 0 Å². The van der Waals surface area contributed by atoms with Crippen LogP contribution in [0, 0.1) is 0 Å². The highest BCUT2D eigenvalue weighted by Gasteiger charge is 2.13. The van der Waals surface area contributed by atoms with Gasteiger partial charge in [-0.3, -0.25) is 9.97 Å². The molecule has 0 unspecified atom stereocenters. The Morgan fingerprint density at radius 2 is 1.70 bits per heavy atom. The highest BCUT2D eigenvalue weighted by Crippen LogP contribution is 2.24. The lowest BCUT2D eigenvalue weighted by atomic mass is 9.95. The quantitative estimate of drug-likeness (QED) is 0.777. The van der Waals surface area contributed by atoms with Crippen molar-refractivity contribution in [1.29, 1.82) is 0 Å². The van der Waals surface area contributed by atoms with Gasteiger partial charge in [0.15, 0.2) is 0 Å². The van der Waals surface area contributed by atoms with E-state index in [1.165, 1.54) is 32.1 Å². The fourth-order valence-electron chi connectivity index (χ4n) is 3.25. The van der Waals surface area contributed by atoms with E-state index < -0.39 is 0 Å². The largest absolute Gasteiger partial charge is 0.367 e. The fraction of sp³-hybridized carbons (Fsp3) is 0.316. The van der Waals surface area contributed by atoms with Gasteiger partial charge in [0.2, 0.25) is 0 Å². The van der Waals surface area contributed by atoms with Crippen molar-refractivity contribution in [2.24, 2.45) is 0 Å². The zero-order valence-electron chi connectivity index (χ0n) is 13.1. The van der Waals surface area contributed by atoms with Crippen molar-refractivity contribution in [3.63, 3.8) is 0 Å². The third-order valence-electron chi connectivity index (χ3n) is 4.47. The minimum atomic E-state index is 0.564. The highest BCUT2D eigenvalue weighted by molar-refractivity contribution is 5.80. The van der Waals surface area contributed by atoms with Crippen molar-refractivity contribution in [2.75, 3.05) is 5.32 Å². The first kappa shape index (κ1) is 14.1. The number of benzene rings is 1. The molecule has 4 rings (SSSR count). The van der Waals surface area contributed by atoms with Gasteiger partial charge in [-0.05, 0) is 37.1 Å². The molecule has 1 N–H and O–H groups in total. The Kier molecular flexibility index (Phi) is 3.88. The number of nitrogens with zero attached hydrogens (tertiary/aromatic N) is 3. The summed E-state index contributed by atoms with van der Waals surface area (Å²) in [5, 5.41) is 3.59. The summed E-state index contributed by atoms with van der Waals surface area (Å²) in [4.78, 5) is 13.5. The monoisotopic (exact) mass is 304 g/mol. The van der Waals surface area contributed by atoms with Crippen molar-refractivity contribution in [3.05, 3.63) is 48.8 Å². The Morgan fingerprint density at radius 1 is 0.870 bits per heavy atom. The second-order valence-electron chi connectivity index (χ2n) is 6.15. The maximum absolute atomic E-state index is 4.78. The second kappa shape index (κ2) is 6.32. The van der Waals surface area contributed by atoms with Crippen LogP contribution in [0.4, 0.5) is 5.82 Å². The van der Waals surface area contributed by atoms with Gasteiger partial charge in [-0.25, -0.2) is 4.98 Å². The average molecular weight is 304 g/mol. The van der Waals surface area contributed by atoms with E-state index >= 15 is 0 Å². The Morgan fingerprint density at radius 3 is 2.57 bits per heavy atom. The lowest BCUT2D eigenvalue weighted by Crippen LogP contribution is -2.22. The van der Waals surface area contributed by atoms with Crippen molar-refractivity contribution in [3.8, 4) is 11.3 Å². The van der Waals surface area contributed by atoms with E-state index in [9.17, 15) is 0 Å². The summed E-state index contributed by atoms with van der Waals surface area (Å²) in [5.74, 6) is 0.966. The third kappa shape index (κ3) is 3.16. The fourth-order valence-corrected chi connectivity index (χ4v) is 3.25. The average Bonchev–Trinajstić information content (AvgIpc) is 2.62. The molecule has 1 fully saturated rings. The van der Waals surface area contributed by atoms with Crippen molar-refractivity contribution < 1.29 is 0 Å². The maximum Gasteiger partial charge on any atom is 0.126 e. The number of pyridine rings is 1. The molecule has 2 aromatic heterocycles. The SMILES string of the molecule is c1cc(NC2CCCCC2)nc(-c2ccc3nccnc3c2)c1. The summed E-state index contributed by atoms with van der Waals surface area (Å²) < 4.78 is 0. The van der Waals surface area contributed by atoms with E-state index in [1.54, 1.807) is 12.4 Å². The van der Waals surface area contributed by atoms with Crippen LogP contribution >= 0.6 is 0 Å². The molecule has 2 heterocycles. The molecule has 0 aliphatic heterocycles. The predicted molar refractivity (Wildman–Crippen MR) is 93.3 cm³/mol. The van der Waals surface area contributed by atoms with E-state index in [4.69, 9.17) is 4.98 Å². The van der Waals surface area contributed by atoms with Gasteiger partial charge in [0.05, 0.1) is 16.7 Å². The van der Waals surface area contributed by atoms with Crippen LogP contribution in [0.25, 0.3) is 22.3 Å². The zero-order chi connectivity index (χ0) is 15.5. The molecule has 4 heteroatoms. The second-order valence-corrected chi connectivity index (χ2v) is 6.15. The summed E-state index contributed by atoms with van der Waals surface area (Å²) >= 11 is 0. The first-order chi connectivity index (χ1) is 11.4. The molecule has 0 spiro atoms. The van der Waals surface area contributed by atoms with Gasteiger partial charge in [0.25, 0.3) is 0 Å². The van der Waals surface area contributed by atoms with E-state index in [-0.39, 0.29) is 0 Å². The first-order valence-corrected chi connectivity index (χ1v) is 8.33. The minimum Gasteiger partial charge on any atom is -0.367 e. The van der Waals surface area contributed by atoms with Crippen molar-refractivity contribution >= 4 is 16.9 Å². The zero-order valence-corrected chi connectivity index (χ0v) is 13.1. The van der Waals surface area contributed by atoms with Crippen LogP contribution in [0.15, 0.2) is 48.8 Å². The van der Waals surface area contributed by atoms with Gasteiger partial charge in [0, 0.05) is 24.0 Å². The van der Waals surface area contributed by atoms with Crippen molar-refractivity contribution in [2.45, 2.75) is 38.1 Å². The molecule has 0 radical (unpaired) electrons. The van der Waals surface area contributed by atoms with Gasteiger partial charge in [-0.2, -0.15) is 0 Å². The summed E-state index contributed by atoms with van der Waals surface area (Å²) in [6.07, 6.45) is 9.94. The lowest BCUT2D eigenvalue weighted by molar-refractivity contribution is 0.462. The Hall–Kier alpha value is -2.49. The molecule has 3 aromatic rings. The normalized spacial score (nSPS) is 15.7.